The molecule has 0 saturated carbocycles. The topological polar surface area (TPSA) is 69.3 Å². The van der Waals surface area contributed by atoms with Gasteiger partial charge in [-0.2, -0.15) is 5.10 Å². The van der Waals surface area contributed by atoms with Crippen LogP contribution in [0.4, 0.5) is 14.5 Å². The maximum absolute atomic E-state index is 13.1. The number of hydrogen-bond donors (Lipinski definition) is 1. The molecule has 9 heteroatoms. The predicted molar refractivity (Wildman–Crippen MR) is 88.9 cm³/mol. The standard InChI is InChI=1S/C16H15ClF2N4O2/c17-14-12(7-20-21-16(14)25)22-5-6-23(13(24)9-22)8-10-3-1-2-4-11(10)15(18)19/h1-4,7,15H,5-6,8-9H2,(H,21,25). The third kappa shape index (κ3) is 3.63. The van der Waals surface area contributed by atoms with Gasteiger partial charge >= 0.3 is 0 Å². The summed E-state index contributed by atoms with van der Waals surface area (Å²) in [4.78, 5) is 27.1. The summed E-state index contributed by atoms with van der Waals surface area (Å²) in [7, 11) is 0. The summed E-state index contributed by atoms with van der Waals surface area (Å²) in [5.41, 5.74) is 0.209. The Balaban J connectivity index is 1.74. The van der Waals surface area contributed by atoms with Crippen LogP contribution in [0.15, 0.2) is 35.3 Å². The second kappa shape index (κ2) is 7.18. The van der Waals surface area contributed by atoms with Gasteiger partial charge in [0.05, 0.1) is 18.4 Å². The smallest absolute Gasteiger partial charge is 0.285 e. The number of carbonyl (C=O) groups excluding carboxylic acids is 1. The number of carbonyl (C=O) groups is 1. The molecule has 1 aromatic carbocycles. The van der Waals surface area contributed by atoms with Gasteiger partial charge in [-0.3, -0.25) is 9.59 Å². The van der Waals surface area contributed by atoms with Crippen LogP contribution >= 0.6 is 11.6 Å². The number of piperazine rings is 1. The van der Waals surface area contributed by atoms with E-state index in [4.69, 9.17) is 11.6 Å². The normalized spacial score (nSPS) is 15.1. The molecule has 2 aromatic rings. The number of halogens is 3. The SMILES string of the molecule is O=C1CN(c2cn[nH]c(=O)c2Cl)CCN1Cc1ccccc1C(F)F. The van der Waals surface area contributed by atoms with Crippen LogP contribution in [-0.2, 0) is 11.3 Å². The van der Waals surface area contributed by atoms with E-state index in [-0.39, 0.29) is 29.6 Å². The maximum Gasteiger partial charge on any atom is 0.285 e. The molecular formula is C16H15ClF2N4O2. The molecule has 0 unspecified atom stereocenters. The van der Waals surface area contributed by atoms with Gasteiger partial charge in [-0.05, 0) is 5.56 Å². The second-order valence-electron chi connectivity index (χ2n) is 5.63. The molecule has 25 heavy (non-hydrogen) atoms. The van der Waals surface area contributed by atoms with E-state index >= 15 is 0 Å². The third-order valence-electron chi connectivity index (χ3n) is 4.09. The molecule has 1 aromatic heterocycles. The highest BCUT2D eigenvalue weighted by molar-refractivity contribution is 6.33. The van der Waals surface area contributed by atoms with Crippen molar-refractivity contribution in [2.24, 2.45) is 0 Å². The van der Waals surface area contributed by atoms with Crippen molar-refractivity contribution >= 4 is 23.2 Å². The number of rotatable bonds is 4. The van der Waals surface area contributed by atoms with Gasteiger partial charge in [-0.15, -0.1) is 0 Å². The molecule has 1 saturated heterocycles. The fourth-order valence-corrected chi connectivity index (χ4v) is 2.98. The van der Waals surface area contributed by atoms with E-state index in [9.17, 15) is 18.4 Å². The Bertz CT molecular complexity index is 843. The summed E-state index contributed by atoms with van der Waals surface area (Å²) in [6, 6.07) is 6.18. The lowest BCUT2D eigenvalue weighted by Crippen LogP contribution is -2.50. The van der Waals surface area contributed by atoms with Crippen LogP contribution < -0.4 is 10.5 Å². The number of alkyl halides is 2. The Morgan fingerprint density at radius 2 is 2.00 bits per heavy atom. The highest BCUT2D eigenvalue weighted by atomic mass is 35.5. The van der Waals surface area contributed by atoms with Crippen molar-refractivity contribution in [1.82, 2.24) is 15.1 Å². The minimum absolute atomic E-state index is 0.00169. The molecule has 2 heterocycles. The number of hydrogen-bond acceptors (Lipinski definition) is 4. The van der Waals surface area contributed by atoms with Gasteiger partial charge in [0, 0.05) is 25.2 Å². The average Bonchev–Trinajstić information content (AvgIpc) is 2.59. The lowest BCUT2D eigenvalue weighted by Gasteiger charge is -2.35. The predicted octanol–water partition coefficient (Wildman–Crippen LogP) is 2.21. The number of benzene rings is 1. The van der Waals surface area contributed by atoms with E-state index in [2.05, 4.69) is 10.2 Å². The molecule has 0 radical (unpaired) electrons. The zero-order valence-electron chi connectivity index (χ0n) is 13.1. The fourth-order valence-electron chi connectivity index (χ4n) is 2.77. The van der Waals surface area contributed by atoms with Crippen molar-refractivity contribution in [2.75, 3.05) is 24.5 Å². The lowest BCUT2D eigenvalue weighted by atomic mass is 10.1. The van der Waals surface area contributed by atoms with Crippen molar-refractivity contribution in [3.05, 3.63) is 57.0 Å². The summed E-state index contributed by atoms with van der Waals surface area (Å²) in [6.07, 6.45) is -1.20. The monoisotopic (exact) mass is 368 g/mol. The van der Waals surface area contributed by atoms with Gasteiger partial charge in [0.2, 0.25) is 5.91 Å². The van der Waals surface area contributed by atoms with E-state index in [1.54, 1.807) is 23.1 Å². The van der Waals surface area contributed by atoms with Gasteiger partial charge in [0.15, 0.2) is 0 Å². The highest BCUT2D eigenvalue weighted by Gasteiger charge is 2.27. The number of H-pyrrole nitrogens is 1. The number of nitrogens with one attached hydrogen (secondary N) is 1. The van der Waals surface area contributed by atoms with Crippen LogP contribution in [-0.4, -0.2) is 40.6 Å². The zero-order chi connectivity index (χ0) is 18.0. The number of anilines is 1. The first-order chi connectivity index (χ1) is 12.0. The highest BCUT2D eigenvalue weighted by Crippen LogP contribution is 2.26. The Hall–Kier alpha value is -2.48. The number of aromatic amines is 1. The fraction of sp³-hybridized carbons (Fsp3) is 0.312. The summed E-state index contributed by atoms with van der Waals surface area (Å²) in [6.45, 7) is 0.878. The molecule has 132 valence electrons. The van der Waals surface area contributed by atoms with Crippen molar-refractivity contribution in [3.63, 3.8) is 0 Å². The number of nitrogens with zero attached hydrogens (tertiary/aromatic N) is 3. The quantitative estimate of drug-likeness (QED) is 0.898. The van der Waals surface area contributed by atoms with E-state index in [1.807, 2.05) is 0 Å². The molecule has 1 N–H and O–H groups in total. The molecule has 0 bridgehead atoms. The Labute approximate surface area is 147 Å². The average molecular weight is 369 g/mol. The minimum Gasteiger partial charge on any atom is -0.358 e. The third-order valence-corrected chi connectivity index (χ3v) is 4.45. The Morgan fingerprint density at radius 1 is 1.24 bits per heavy atom. The lowest BCUT2D eigenvalue weighted by molar-refractivity contribution is -0.131. The van der Waals surface area contributed by atoms with Crippen LogP contribution in [0.2, 0.25) is 5.02 Å². The Kier molecular flexibility index (Phi) is 4.98. The summed E-state index contributed by atoms with van der Waals surface area (Å²) < 4.78 is 26.2. The van der Waals surface area contributed by atoms with E-state index in [0.717, 1.165) is 0 Å². The zero-order valence-corrected chi connectivity index (χ0v) is 13.8. The summed E-state index contributed by atoms with van der Waals surface area (Å²) in [5.74, 6) is -0.230. The second-order valence-corrected chi connectivity index (χ2v) is 6.01. The van der Waals surface area contributed by atoms with Crippen LogP contribution in [0, 0.1) is 0 Å². The molecule has 6 nitrogen and oxygen atoms in total. The van der Waals surface area contributed by atoms with Crippen LogP contribution in [0.5, 0.6) is 0 Å². The summed E-state index contributed by atoms with van der Waals surface area (Å²) >= 11 is 5.96. The first-order valence-electron chi connectivity index (χ1n) is 7.59. The maximum atomic E-state index is 13.1. The summed E-state index contributed by atoms with van der Waals surface area (Å²) in [5, 5.41) is 5.88. The van der Waals surface area contributed by atoms with Crippen molar-refractivity contribution in [3.8, 4) is 0 Å². The minimum atomic E-state index is -2.59. The Morgan fingerprint density at radius 3 is 2.72 bits per heavy atom. The van der Waals surface area contributed by atoms with E-state index < -0.39 is 12.0 Å². The molecule has 0 spiro atoms. The molecule has 3 rings (SSSR count). The molecule has 1 amide bonds. The van der Waals surface area contributed by atoms with E-state index in [0.29, 0.717) is 24.3 Å². The first-order valence-corrected chi connectivity index (χ1v) is 7.97. The largest absolute Gasteiger partial charge is 0.358 e. The van der Waals surface area contributed by atoms with E-state index in [1.165, 1.54) is 17.2 Å². The van der Waals surface area contributed by atoms with Gasteiger partial charge in [0.25, 0.3) is 12.0 Å². The van der Waals surface area contributed by atoms with Crippen LogP contribution in [0.25, 0.3) is 0 Å². The molecule has 0 atom stereocenters. The molecule has 1 aliphatic rings. The number of amides is 1. The molecule has 1 aliphatic heterocycles. The number of aromatic nitrogens is 2. The van der Waals surface area contributed by atoms with Crippen molar-refractivity contribution in [2.45, 2.75) is 13.0 Å². The van der Waals surface area contributed by atoms with Crippen LogP contribution in [0.3, 0.4) is 0 Å². The van der Waals surface area contributed by atoms with Gasteiger partial charge in [-0.25, -0.2) is 13.9 Å². The first kappa shape index (κ1) is 17.3. The molecular weight excluding hydrogens is 354 g/mol. The van der Waals surface area contributed by atoms with Crippen molar-refractivity contribution in [1.29, 1.82) is 0 Å². The van der Waals surface area contributed by atoms with Gasteiger partial charge < -0.3 is 9.80 Å². The van der Waals surface area contributed by atoms with Crippen molar-refractivity contribution < 1.29 is 13.6 Å². The van der Waals surface area contributed by atoms with Crippen LogP contribution in [0.1, 0.15) is 17.6 Å². The molecule has 0 aliphatic carbocycles. The van der Waals surface area contributed by atoms with Gasteiger partial charge in [0.1, 0.15) is 5.02 Å². The van der Waals surface area contributed by atoms with Gasteiger partial charge in [-0.1, -0.05) is 35.9 Å². The molecule has 1 fully saturated rings.